The molecule has 0 rings (SSSR count). The van der Waals surface area contributed by atoms with E-state index >= 15 is 0 Å². The van der Waals surface area contributed by atoms with Crippen LogP contribution in [0.5, 0.6) is 0 Å². The molecule has 10 heavy (non-hydrogen) atoms. The molecule has 0 spiro atoms. The summed E-state index contributed by atoms with van der Waals surface area (Å²) >= 11 is 4.07. The van der Waals surface area contributed by atoms with Crippen LogP contribution in [0.15, 0.2) is 12.7 Å². The minimum Gasteiger partial charge on any atom is -0.352 e. The summed E-state index contributed by atoms with van der Waals surface area (Å²) < 4.78 is 0. The Morgan fingerprint density at radius 3 is 2.90 bits per heavy atom. The smallest absolute Gasteiger partial charge is 0.243 e. The van der Waals surface area contributed by atoms with Gasteiger partial charge in [0.2, 0.25) is 5.91 Å². The lowest BCUT2D eigenvalue weighted by atomic mass is 10.2. The van der Waals surface area contributed by atoms with Crippen LogP contribution in [-0.4, -0.2) is 18.2 Å². The molecule has 0 bridgehead atoms. The van der Waals surface area contributed by atoms with Crippen LogP contribution in [0.4, 0.5) is 0 Å². The topological polar surface area (TPSA) is 29.1 Å². The average molecular weight is 159 g/mol. The van der Waals surface area contributed by atoms with Crippen LogP contribution in [0.25, 0.3) is 0 Å². The van der Waals surface area contributed by atoms with E-state index in [1.807, 2.05) is 6.92 Å². The maximum absolute atomic E-state index is 10.6. The standard InChI is InChI=1S/C7H13NOS/c1-3-7(9)8-4-6(2)5-10/h3,6,10H,1,4-5H2,2H3,(H,8,9). The summed E-state index contributed by atoms with van der Waals surface area (Å²) in [6.07, 6.45) is 1.27. The molecule has 0 aromatic carbocycles. The number of carbonyl (C=O) groups excluding carboxylic acids is 1. The molecule has 0 aliphatic rings. The van der Waals surface area contributed by atoms with Gasteiger partial charge in [0.05, 0.1) is 0 Å². The quantitative estimate of drug-likeness (QED) is 0.462. The highest BCUT2D eigenvalue weighted by molar-refractivity contribution is 7.80. The van der Waals surface area contributed by atoms with Crippen LogP contribution >= 0.6 is 12.6 Å². The molecule has 0 saturated carbocycles. The lowest BCUT2D eigenvalue weighted by Crippen LogP contribution is -2.26. The lowest BCUT2D eigenvalue weighted by molar-refractivity contribution is -0.116. The van der Waals surface area contributed by atoms with Crippen LogP contribution in [0.1, 0.15) is 6.92 Å². The second-order valence-electron chi connectivity index (χ2n) is 2.24. The highest BCUT2D eigenvalue weighted by Gasteiger charge is 1.99. The summed E-state index contributed by atoms with van der Waals surface area (Å²) in [5.74, 6) is 1.10. The Bertz CT molecular complexity index is 125. The van der Waals surface area contributed by atoms with Crippen LogP contribution in [0, 0.1) is 5.92 Å². The van der Waals surface area contributed by atoms with Gasteiger partial charge in [-0.1, -0.05) is 13.5 Å². The Kier molecular flexibility index (Phi) is 5.12. The second kappa shape index (κ2) is 5.35. The molecule has 0 radical (unpaired) electrons. The highest BCUT2D eigenvalue weighted by Crippen LogP contribution is 1.93. The zero-order valence-corrected chi connectivity index (χ0v) is 7.03. The number of amides is 1. The first-order valence-corrected chi connectivity index (χ1v) is 3.85. The van der Waals surface area contributed by atoms with E-state index in [1.165, 1.54) is 6.08 Å². The van der Waals surface area contributed by atoms with E-state index in [9.17, 15) is 4.79 Å². The molecule has 58 valence electrons. The number of nitrogens with one attached hydrogen (secondary N) is 1. The molecule has 0 fully saturated rings. The normalized spacial score (nSPS) is 12.2. The Labute approximate surface area is 67.1 Å². The van der Waals surface area contributed by atoms with Gasteiger partial charge in [0.1, 0.15) is 0 Å². The van der Waals surface area contributed by atoms with Crippen molar-refractivity contribution in [3.63, 3.8) is 0 Å². The van der Waals surface area contributed by atoms with E-state index in [-0.39, 0.29) is 5.91 Å². The third-order valence-corrected chi connectivity index (χ3v) is 1.75. The number of rotatable bonds is 4. The molecule has 0 aromatic heterocycles. The first-order valence-electron chi connectivity index (χ1n) is 3.21. The van der Waals surface area contributed by atoms with Crippen molar-refractivity contribution in [1.29, 1.82) is 0 Å². The molecule has 0 saturated heterocycles. The van der Waals surface area contributed by atoms with Gasteiger partial charge in [-0.2, -0.15) is 12.6 Å². The predicted octanol–water partition coefficient (Wildman–Crippen LogP) is 0.855. The molecule has 2 nitrogen and oxygen atoms in total. The SMILES string of the molecule is C=CC(=O)NCC(C)CS. The fraction of sp³-hybridized carbons (Fsp3) is 0.571. The molecule has 1 N–H and O–H groups in total. The third kappa shape index (κ3) is 4.44. The molecule has 0 aromatic rings. The van der Waals surface area contributed by atoms with Gasteiger partial charge in [-0.05, 0) is 17.7 Å². The summed E-state index contributed by atoms with van der Waals surface area (Å²) in [4.78, 5) is 10.6. The molecule has 1 atom stereocenters. The molecule has 0 aliphatic heterocycles. The van der Waals surface area contributed by atoms with Gasteiger partial charge in [0.25, 0.3) is 0 Å². The first kappa shape index (κ1) is 9.56. The molecule has 1 amide bonds. The molecule has 0 aliphatic carbocycles. The Balaban J connectivity index is 3.34. The van der Waals surface area contributed by atoms with E-state index in [0.717, 1.165) is 5.75 Å². The van der Waals surface area contributed by atoms with Gasteiger partial charge in [-0.15, -0.1) is 0 Å². The van der Waals surface area contributed by atoms with Crippen LogP contribution in [-0.2, 0) is 4.79 Å². The third-order valence-electron chi connectivity index (χ3n) is 1.12. The van der Waals surface area contributed by atoms with Crippen molar-refractivity contribution in [2.45, 2.75) is 6.92 Å². The summed E-state index contributed by atoms with van der Waals surface area (Å²) in [5, 5.41) is 2.68. The van der Waals surface area contributed by atoms with Gasteiger partial charge in [0.15, 0.2) is 0 Å². The average Bonchev–Trinajstić information content (AvgIpc) is 1.99. The number of hydrogen-bond donors (Lipinski definition) is 2. The minimum absolute atomic E-state index is 0.117. The van der Waals surface area contributed by atoms with Crippen LogP contribution in [0.3, 0.4) is 0 Å². The number of thiol groups is 1. The van der Waals surface area contributed by atoms with Crippen molar-refractivity contribution < 1.29 is 4.79 Å². The highest BCUT2D eigenvalue weighted by atomic mass is 32.1. The van der Waals surface area contributed by atoms with Crippen molar-refractivity contribution in [1.82, 2.24) is 5.32 Å². The molecular weight excluding hydrogens is 146 g/mol. The maximum atomic E-state index is 10.6. The molecular formula is C7H13NOS. The molecule has 1 unspecified atom stereocenters. The number of carbonyl (C=O) groups is 1. The monoisotopic (exact) mass is 159 g/mol. The van der Waals surface area contributed by atoms with Gasteiger partial charge < -0.3 is 5.32 Å². The van der Waals surface area contributed by atoms with Crippen molar-refractivity contribution in [2.24, 2.45) is 5.92 Å². The van der Waals surface area contributed by atoms with E-state index in [4.69, 9.17) is 0 Å². The van der Waals surface area contributed by atoms with Crippen molar-refractivity contribution in [2.75, 3.05) is 12.3 Å². The molecule has 3 heteroatoms. The zero-order valence-electron chi connectivity index (χ0n) is 6.13. The second-order valence-corrected chi connectivity index (χ2v) is 2.60. The van der Waals surface area contributed by atoms with E-state index < -0.39 is 0 Å². The van der Waals surface area contributed by atoms with Gasteiger partial charge in [-0.25, -0.2) is 0 Å². The van der Waals surface area contributed by atoms with Gasteiger partial charge in [0, 0.05) is 6.54 Å². The summed E-state index contributed by atoms with van der Waals surface area (Å²) in [7, 11) is 0. The maximum Gasteiger partial charge on any atom is 0.243 e. The Hall–Kier alpha value is -0.440. The molecule has 0 heterocycles. The fourth-order valence-electron chi connectivity index (χ4n) is 0.412. The minimum atomic E-state index is -0.117. The van der Waals surface area contributed by atoms with Crippen molar-refractivity contribution >= 4 is 18.5 Å². The van der Waals surface area contributed by atoms with Crippen LogP contribution in [0.2, 0.25) is 0 Å². The summed E-state index contributed by atoms with van der Waals surface area (Å²) in [6.45, 7) is 6.03. The largest absolute Gasteiger partial charge is 0.352 e. The summed E-state index contributed by atoms with van der Waals surface area (Å²) in [6, 6.07) is 0. The fourth-order valence-corrected chi connectivity index (χ4v) is 0.541. The van der Waals surface area contributed by atoms with Gasteiger partial charge >= 0.3 is 0 Å². The zero-order chi connectivity index (χ0) is 7.98. The predicted molar refractivity (Wildman–Crippen MR) is 46.2 cm³/mol. The first-order chi connectivity index (χ1) is 4.70. The van der Waals surface area contributed by atoms with E-state index in [0.29, 0.717) is 12.5 Å². The number of hydrogen-bond acceptors (Lipinski definition) is 2. The van der Waals surface area contributed by atoms with Crippen LogP contribution < -0.4 is 5.32 Å². The Morgan fingerprint density at radius 1 is 1.90 bits per heavy atom. The lowest BCUT2D eigenvalue weighted by Gasteiger charge is -2.06. The van der Waals surface area contributed by atoms with Crippen molar-refractivity contribution in [3.05, 3.63) is 12.7 Å². The van der Waals surface area contributed by atoms with Crippen molar-refractivity contribution in [3.8, 4) is 0 Å². The summed E-state index contributed by atoms with van der Waals surface area (Å²) in [5.41, 5.74) is 0. The Morgan fingerprint density at radius 2 is 2.50 bits per heavy atom. The van der Waals surface area contributed by atoms with Gasteiger partial charge in [-0.3, -0.25) is 4.79 Å². The van der Waals surface area contributed by atoms with E-state index in [2.05, 4.69) is 24.5 Å². The van der Waals surface area contributed by atoms with E-state index in [1.54, 1.807) is 0 Å².